The van der Waals surface area contributed by atoms with Crippen molar-refractivity contribution in [3.05, 3.63) is 37.0 Å². The molecule has 0 aromatic carbocycles. The van der Waals surface area contributed by atoms with Crippen LogP contribution in [-0.4, -0.2) is 24.3 Å². The van der Waals surface area contributed by atoms with Crippen molar-refractivity contribution >= 4 is 5.97 Å². The van der Waals surface area contributed by atoms with E-state index in [0.29, 0.717) is 19.6 Å². The molecule has 3 heteroatoms. The predicted octanol–water partition coefficient (Wildman–Crippen LogP) is 2.95. The maximum absolute atomic E-state index is 10.4. The molecule has 0 radical (unpaired) electrons. The molecule has 0 spiro atoms. The molecule has 0 amide bonds. The fourth-order valence-electron chi connectivity index (χ4n) is 1.01. The van der Waals surface area contributed by atoms with Crippen LogP contribution in [0.4, 0.5) is 0 Å². The second kappa shape index (κ2) is 10.2. The van der Waals surface area contributed by atoms with Crippen LogP contribution in [0.1, 0.15) is 25.7 Å². The van der Waals surface area contributed by atoms with Crippen LogP contribution >= 0.6 is 0 Å². The van der Waals surface area contributed by atoms with Gasteiger partial charge >= 0.3 is 5.97 Å². The molecule has 0 unspecified atom stereocenters. The predicted molar refractivity (Wildman–Crippen MR) is 65.4 cm³/mol. The molecule has 1 N–H and O–H groups in total. The van der Waals surface area contributed by atoms with Gasteiger partial charge in [0.25, 0.3) is 0 Å². The zero-order valence-electron chi connectivity index (χ0n) is 9.65. The highest BCUT2D eigenvalue weighted by molar-refractivity contribution is 5.85. The van der Waals surface area contributed by atoms with E-state index < -0.39 is 5.97 Å². The third-order valence-electron chi connectivity index (χ3n) is 1.98. The molecule has 0 bridgehead atoms. The van der Waals surface area contributed by atoms with Gasteiger partial charge in [0.15, 0.2) is 0 Å². The summed E-state index contributed by atoms with van der Waals surface area (Å²) in [6.07, 6.45) is 9.30. The van der Waals surface area contributed by atoms with Crippen LogP contribution in [0.2, 0.25) is 0 Å². The first-order valence-corrected chi connectivity index (χ1v) is 5.43. The van der Waals surface area contributed by atoms with Gasteiger partial charge in [-0.05, 0) is 19.3 Å². The van der Waals surface area contributed by atoms with Gasteiger partial charge in [0.05, 0.1) is 13.2 Å². The van der Waals surface area contributed by atoms with Gasteiger partial charge in [0, 0.05) is 12.0 Å². The number of aliphatic carboxylic acids is 1. The van der Waals surface area contributed by atoms with E-state index in [-0.39, 0.29) is 5.57 Å². The van der Waals surface area contributed by atoms with E-state index in [9.17, 15) is 4.79 Å². The molecule has 0 fully saturated rings. The summed E-state index contributed by atoms with van der Waals surface area (Å²) in [5.74, 6) is -0.951. The smallest absolute Gasteiger partial charge is 0.331 e. The first kappa shape index (κ1) is 14.6. The molecule has 90 valence electrons. The summed E-state index contributed by atoms with van der Waals surface area (Å²) in [4.78, 5) is 10.4. The Morgan fingerprint density at radius 3 is 2.50 bits per heavy atom. The van der Waals surface area contributed by atoms with Crippen molar-refractivity contribution in [2.24, 2.45) is 0 Å². The fraction of sp³-hybridized carbons (Fsp3) is 0.462. The van der Waals surface area contributed by atoms with Gasteiger partial charge in [0.1, 0.15) is 0 Å². The summed E-state index contributed by atoms with van der Waals surface area (Å²) in [5.41, 5.74) is 0.196. The van der Waals surface area contributed by atoms with E-state index >= 15 is 0 Å². The van der Waals surface area contributed by atoms with Gasteiger partial charge in [-0.15, -0.1) is 6.58 Å². The zero-order valence-corrected chi connectivity index (χ0v) is 9.65. The lowest BCUT2D eigenvalue weighted by molar-refractivity contribution is -0.132. The Balaban J connectivity index is 3.27. The normalized spacial score (nSPS) is 10.5. The SMILES string of the molecule is C=CCCC=CCCOCCC(=C)C(=O)O. The van der Waals surface area contributed by atoms with Gasteiger partial charge in [-0.25, -0.2) is 4.79 Å². The zero-order chi connectivity index (χ0) is 12.2. The summed E-state index contributed by atoms with van der Waals surface area (Å²) in [6, 6.07) is 0. The number of allylic oxidation sites excluding steroid dienone is 2. The Labute approximate surface area is 97.1 Å². The van der Waals surface area contributed by atoms with Gasteiger partial charge in [0.2, 0.25) is 0 Å². The standard InChI is InChI=1S/C13H20O3/c1-3-4-5-6-7-8-10-16-11-9-12(2)13(14)15/h3,6-7H,1-2,4-5,8-11H2,(H,14,15). The van der Waals surface area contributed by atoms with Crippen LogP contribution in [0, 0.1) is 0 Å². The Morgan fingerprint density at radius 1 is 1.19 bits per heavy atom. The molecule has 0 aliphatic rings. The summed E-state index contributed by atoms with van der Waals surface area (Å²) in [7, 11) is 0. The number of carboxylic acids is 1. The lowest BCUT2D eigenvalue weighted by Gasteiger charge is -2.01. The number of ether oxygens (including phenoxy) is 1. The monoisotopic (exact) mass is 224 g/mol. The Kier molecular flexibility index (Phi) is 9.32. The minimum absolute atomic E-state index is 0.196. The van der Waals surface area contributed by atoms with E-state index in [1.807, 2.05) is 6.08 Å². The molecule has 0 heterocycles. The van der Waals surface area contributed by atoms with Crippen LogP contribution in [0.15, 0.2) is 37.0 Å². The maximum atomic E-state index is 10.4. The minimum Gasteiger partial charge on any atom is -0.478 e. The summed E-state index contributed by atoms with van der Waals surface area (Å²) >= 11 is 0. The number of hydrogen-bond donors (Lipinski definition) is 1. The van der Waals surface area contributed by atoms with E-state index in [4.69, 9.17) is 9.84 Å². The molecule has 0 rings (SSSR count). The van der Waals surface area contributed by atoms with Crippen LogP contribution in [-0.2, 0) is 9.53 Å². The van der Waals surface area contributed by atoms with Crippen molar-refractivity contribution in [3.63, 3.8) is 0 Å². The largest absolute Gasteiger partial charge is 0.478 e. The molecule has 16 heavy (non-hydrogen) atoms. The first-order valence-electron chi connectivity index (χ1n) is 5.43. The van der Waals surface area contributed by atoms with E-state index in [1.165, 1.54) is 0 Å². The number of hydrogen-bond acceptors (Lipinski definition) is 2. The van der Waals surface area contributed by atoms with Gasteiger partial charge in [-0.3, -0.25) is 0 Å². The van der Waals surface area contributed by atoms with Crippen molar-refractivity contribution in [2.45, 2.75) is 25.7 Å². The third-order valence-corrected chi connectivity index (χ3v) is 1.98. The number of unbranched alkanes of at least 4 members (excludes halogenated alkanes) is 1. The van der Waals surface area contributed by atoms with E-state index in [1.54, 1.807) is 0 Å². The molecule has 0 aliphatic heterocycles. The van der Waals surface area contributed by atoms with Crippen LogP contribution in [0.5, 0.6) is 0 Å². The minimum atomic E-state index is -0.951. The molecule has 3 nitrogen and oxygen atoms in total. The van der Waals surface area contributed by atoms with Gasteiger partial charge < -0.3 is 9.84 Å². The van der Waals surface area contributed by atoms with Crippen molar-refractivity contribution in [1.82, 2.24) is 0 Å². The topological polar surface area (TPSA) is 46.5 Å². The third kappa shape index (κ3) is 9.21. The number of carboxylic acid groups (broad SMARTS) is 1. The van der Waals surface area contributed by atoms with Gasteiger partial charge in [-0.2, -0.15) is 0 Å². The lowest BCUT2D eigenvalue weighted by atomic mass is 10.2. The quantitative estimate of drug-likeness (QED) is 0.352. The molecule has 0 atom stereocenters. The summed E-state index contributed by atoms with van der Waals surface area (Å²) in [5, 5.41) is 8.53. The Morgan fingerprint density at radius 2 is 1.88 bits per heavy atom. The molecule has 0 aliphatic carbocycles. The average molecular weight is 224 g/mol. The van der Waals surface area contributed by atoms with Crippen molar-refractivity contribution in [1.29, 1.82) is 0 Å². The summed E-state index contributed by atoms with van der Waals surface area (Å²) < 4.78 is 5.27. The van der Waals surface area contributed by atoms with Crippen LogP contribution in [0.25, 0.3) is 0 Å². The molecule has 0 saturated heterocycles. The molecule has 0 aromatic rings. The highest BCUT2D eigenvalue weighted by Gasteiger charge is 2.02. The average Bonchev–Trinajstić information content (AvgIpc) is 2.26. The Hall–Kier alpha value is -1.35. The van der Waals surface area contributed by atoms with E-state index in [0.717, 1.165) is 19.3 Å². The second-order valence-corrected chi connectivity index (χ2v) is 3.40. The van der Waals surface area contributed by atoms with Crippen LogP contribution < -0.4 is 0 Å². The first-order chi connectivity index (χ1) is 7.68. The van der Waals surface area contributed by atoms with Crippen molar-refractivity contribution < 1.29 is 14.6 Å². The number of rotatable bonds is 10. The van der Waals surface area contributed by atoms with Crippen molar-refractivity contribution in [3.8, 4) is 0 Å². The highest BCUT2D eigenvalue weighted by Crippen LogP contribution is 1.99. The molecular weight excluding hydrogens is 204 g/mol. The maximum Gasteiger partial charge on any atom is 0.331 e. The molecular formula is C13H20O3. The lowest BCUT2D eigenvalue weighted by Crippen LogP contribution is -2.03. The number of carbonyl (C=O) groups is 1. The fourth-order valence-corrected chi connectivity index (χ4v) is 1.01. The van der Waals surface area contributed by atoms with Gasteiger partial charge in [-0.1, -0.05) is 24.8 Å². The van der Waals surface area contributed by atoms with E-state index in [2.05, 4.69) is 25.3 Å². The summed E-state index contributed by atoms with van der Waals surface area (Å²) in [6.45, 7) is 8.10. The molecule has 0 aromatic heterocycles. The molecule has 0 saturated carbocycles. The highest BCUT2D eigenvalue weighted by atomic mass is 16.5. The van der Waals surface area contributed by atoms with Crippen LogP contribution in [0.3, 0.4) is 0 Å². The Bertz CT molecular complexity index is 254. The van der Waals surface area contributed by atoms with Crippen molar-refractivity contribution in [2.75, 3.05) is 13.2 Å². The second-order valence-electron chi connectivity index (χ2n) is 3.40.